The zero-order chi connectivity index (χ0) is 13.1. The van der Waals surface area contributed by atoms with Crippen LogP contribution < -0.4 is 0 Å². The van der Waals surface area contributed by atoms with Crippen LogP contribution in [0.25, 0.3) is 0 Å². The second-order valence-electron chi connectivity index (χ2n) is 3.86. The molecule has 1 atom stereocenters. The van der Waals surface area contributed by atoms with Crippen molar-refractivity contribution in [3.63, 3.8) is 0 Å². The first-order valence-electron chi connectivity index (χ1n) is 5.52. The molecule has 0 aliphatic carbocycles. The number of hydrogen-bond donors (Lipinski definition) is 1. The van der Waals surface area contributed by atoms with Gasteiger partial charge in [-0.1, -0.05) is 24.3 Å². The number of halogens is 1. The number of rotatable bonds is 4. The Bertz CT molecular complexity index is 551. The summed E-state index contributed by atoms with van der Waals surface area (Å²) < 4.78 is 14.3. The predicted molar refractivity (Wildman–Crippen MR) is 61.8 cm³/mol. The second-order valence-corrected chi connectivity index (χ2v) is 3.86. The number of hydrogen-bond acceptors (Lipinski definition) is 3. The lowest BCUT2D eigenvalue weighted by molar-refractivity contribution is 0.0690. The molecule has 0 spiro atoms. The molecule has 1 heterocycles. The van der Waals surface area contributed by atoms with E-state index in [4.69, 9.17) is 5.11 Å². The summed E-state index contributed by atoms with van der Waals surface area (Å²) in [6.45, 7) is 1.94. The Labute approximate surface area is 103 Å². The first-order chi connectivity index (χ1) is 8.61. The summed E-state index contributed by atoms with van der Waals surface area (Å²) in [6.07, 6.45) is 2.08. The van der Waals surface area contributed by atoms with Crippen molar-refractivity contribution >= 4 is 5.97 Å². The minimum absolute atomic E-state index is 0.101. The summed E-state index contributed by atoms with van der Waals surface area (Å²) in [5.41, 5.74) is 0.760. The maximum atomic E-state index is 12.9. The minimum atomic E-state index is -1.12. The van der Waals surface area contributed by atoms with Crippen molar-refractivity contribution in [1.82, 2.24) is 15.0 Å². The van der Waals surface area contributed by atoms with Crippen LogP contribution in [0.5, 0.6) is 0 Å². The summed E-state index contributed by atoms with van der Waals surface area (Å²) in [4.78, 5) is 10.7. The van der Waals surface area contributed by atoms with Gasteiger partial charge in [0.2, 0.25) is 0 Å². The van der Waals surface area contributed by atoms with Gasteiger partial charge in [-0.3, -0.25) is 0 Å². The molecule has 1 unspecified atom stereocenters. The van der Waals surface area contributed by atoms with E-state index in [-0.39, 0.29) is 17.6 Å². The Balaban J connectivity index is 2.32. The normalized spacial score (nSPS) is 12.3. The Hall–Kier alpha value is -2.24. The van der Waals surface area contributed by atoms with E-state index in [1.807, 2.05) is 6.92 Å². The Kier molecular flexibility index (Phi) is 3.36. The molecule has 1 aromatic carbocycles. The predicted octanol–water partition coefficient (Wildman–Crippen LogP) is 2.11. The quantitative estimate of drug-likeness (QED) is 0.901. The van der Waals surface area contributed by atoms with Gasteiger partial charge >= 0.3 is 5.97 Å². The largest absolute Gasteiger partial charge is 0.476 e. The highest BCUT2D eigenvalue weighted by Crippen LogP contribution is 2.21. The molecule has 2 rings (SSSR count). The number of carbonyl (C=O) groups is 1. The van der Waals surface area contributed by atoms with Crippen LogP contribution in [-0.2, 0) is 0 Å². The van der Waals surface area contributed by atoms with Gasteiger partial charge in [-0.05, 0) is 24.1 Å². The third kappa shape index (κ3) is 2.37. The van der Waals surface area contributed by atoms with Crippen molar-refractivity contribution in [2.45, 2.75) is 19.4 Å². The standard InChI is InChI=1S/C12H12FN3O2/c1-2-11(8-3-5-9(13)6-4-8)16-7-10(12(17)18)14-15-16/h3-7,11H,2H2,1H3,(H,17,18). The van der Waals surface area contributed by atoms with Crippen LogP contribution in [0.1, 0.15) is 35.4 Å². The van der Waals surface area contributed by atoms with Crippen LogP contribution in [0, 0.1) is 5.82 Å². The first kappa shape index (κ1) is 12.2. The van der Waals surface area contributed by atoms with Crippen molar-refractivity contribution in [3.05, 3.63) is 47.5 Å². The molecule has 18 heavy (non-hydrogen) atoms. The monoisotopic (exact) mass is 249 g/mol. The van der Waals surface area contributed by atoms with E-state index in [0.717, 1.165) is 5.56 Å². The molecular weight excluding hydrogens is 237 g/mol. The lowest BCUT2D eigenvalue weighted by Gasteiger charge is -2.14. The lowest BCUT2D eigenvalue weighted by Crippen LogP contribution is -2.10. The van der Waals surface area contributed by atoms with E-state index in [0.29, 0.717) is 6.42 Å². The highest BCUT2D eigenvalue weighted by Gasteiger charge is 2.16. The minimum Gasteiger partial charge on any atom is -0.476 e. The van der Waals surface area contributed by atoms with Gasteiger partial charge in [0.05, 0.1) is 12.2 Å². The second kappa shape index (κ2) is 4.95. The van der Waals surface area contributed by atoms with E-state index >= 15 is 0 Å². The SMILES string of the molecule is CCC(c1ccc(F)cc1)n1cc(C(=O)O)nn1. The van der Waals surface area contributed by atoms with Gasteiger partial charge in [-0.2, -0.15) is 0 Å². The van der Waals surface area contributed by atoms with Crippen molar-refractivity contribution < 1.29 is 14.3 Å². The topological polar surface area (TPSA) is 68.0 Å². The Morgan fingerprint density at radius 3 is 2.61 bits per heavy atom. The summed E-state index contributed by atoms with van der Waals surface area (Å²) in [6, 6.07) is 5.91. The van der Waals surface area contributed by atoms with Crippen LogP contribution in [-0.4, -0.2) is 26.1 Å². The molecular formula is C12H12FN3O2. The van der Waals surface area contributed by atoms with Gasteiger partial charge in [0.15, 0.2) is 5.69 Å². The third-order valence-corrected chi connectivity index (χ3v) is 2.69. The summed E-state index contributed by atoms with van der Waals surface area (Å²) in [7, 11) is 0. The van der Waals surface area contributed by atoms with Crippen LogP contribution in [0.15, 0.2) is 30.5 Å². The molecule has 6 heteroatoms. The van der Waals surface area contributed by atoms with Crippen LogP contribution in [0.4, 0.5) is 4.39 Å². The zero-order valence-electron chi connectivity index (χ0n) is 9.75. The van der Waals surface area contributed by atoms with Gasteiger partial charge in [-0.15, -0.1) is 5.10 Å². The molecule has 0 aliphatic rings. The Morgan fingerprint density at radius 1 is 1.44 bits per heavy atom. The van der Waals surface area contributed by atoms with Crippen molar-refractivity contribution in [2.24, 2.45) is 0 Å². The molecule has 1 N–H and O–H groups in total. The van der Waals surface area contributed by atoms with E-state index in [2.05, 4.69) is 10.3 Å². The fraction of sp³-hybridized carbons (Fsp3) is 0.250. The van der Waals surface area contributed by atoms with Crippen LogP contribution >= 0.6 is 0 Å². The van der Waals surface area contributed by atoms with Gasteiger partial charge in [0, 0.05) is 0 Å². The van der Waals surface area contributed by atoms with Gasteiger partial charge in [0.1, 0.15) is 5.82 Å². The fourth-order valence-electron chi connectivity index (χ4n) is 1.79. The molecule has 0 fully saturated rings. The number of aromatic carboxylic acids is 1. The van der Waals surface area contributed by atoms with Crippen molar-refractivity contribution in [1.29, 1.82) is 0 Å². The molecule has 0 radical (unpaired) electrons. The molecule has 0 saturated heterocycles. The lowest BCUT2D eigenvalue weighted by atomic mass is 10.1. The molecule has 2 aromatic rings. The summed E-state index contributed by atoms with van der Waals surface area (Å²) in [5.74, 6) is -1.42. The summed E-state index contributed by atoms with van der Waals surface area (Å²) in [5, 5.41) is 16.2. The molecule has 94 valence electrons. The van der Waals surface area contributed by atoms with Crippen molar-refractivity contribution in [3.8, 4) is 0 Å². The van der Waals surface area contributed by atoms with Gasteiger partial charge < -0.3 is 5.11 Å². The van der Waals surface area contributed by atoms with Crippen LogP contribution in [0.2, 0.25) is 0 Å². The molecule has 5 nitrogen and oxygen atoms in total. The smallest absolute Gasteiger partial charge is 0.358 e. The third-order valence-electron chi connectivity index (χ3n) is 2.69. The Morgan fingerprint density at radius 2 is 2.11 bits per heavy atom. The zero-order valence-corrected chi connectivity index (χ0v) is 9.75. The van der Waals surface area contributed by atoms with Gasteiger partial charge in [-0.25, -0.2) is 13.9 Å². The average Bonchev–Trinajstić information content (AvgIpc) is 2.82. The maximum absolute atomic E-state index is 12.9. The molecule has 0 amide bonds. The highest BCUT2D eigenvalue weighted by atomic mass is 19.1. The van der Waals surface area contributed by atoms with Gasteiger partial charge in [0.25, 0.3) is 0 Å². The number of aromatic nitrogens is 3. The number of carboxylic acid groups (broad SMARTS) is 1. The maximum Gasteiger partial charge on any atom is 0.358 e. The summed E-state index contributed by atoms with van der Waals surface area (Å²) >= 11 is 0. The molecule has 0 bridgehead atoms. The highest BCUT2D eigenvalue weighted by molar-refractivity contribution is 5.84. The fourth-order valence-corrected chi connectivity index (χ4v) is 1.79. The first-order valence-corrected chi connectivity index (χ1v) is 5.52. The number of benzene rings is 1. The molecule has 0 aliphatic heterocycles. The average molecular weight is 249 g/mol. The molecule has 1 aromatic heterocycles. The number of carboxylic acids is 1. The van der Waals surface area contributed by atoms with Crippen molar-refractivity contribution in [2.75, 3.05) is 0 Å². The number of nitrogens with zero attached hydrogens (tertiary/aromatic N) is 3. The van der Waals surface area contributed by atoms with E-state index < -0.39 is 5.97 Å². The van der Waals surface area contributed by atoms with E-state index in [1.54, 1.807) is 12.1 Å². The molecule has 0 saturated carbocycles. The van der Waals surface area contributed by atoms with E-state index in [9.17, 15) is 9.18 Å². The van der Waals surface area contributed by atoms with E-state index in [1.165, 1.54) is 23.0 Å². The van der Waals surface area contributed by atoms with Crippen LogP contribution in [0.3, 0.4) is 0 Å².